The maximum Gasteiger partial charge on any atom is 0.251 e. The molecule has 0 saturated carbocycles. The number of unbranched alkanes of at least 4 members (excludes halogenated alkanes) is 12. The second-order valence-electron chi connectivity index (χ2n) is 7.74. The van der Waals surface area contributed by atoms with Crippen LogP contribution in [-0.4, -0.2) is 17.6 Å². The van der Waals surface area contributed by atoms with Crippen molar-refractivity contribution < 1.29 is 9.90 Å². The van der Waals surface area contributed by atoms with Crippen LogP contribution in [0.25, 0.3) is 0 Å². The summed E-state index contributed by atoms with van der Waals surface area (Å²) in [6.45, 7) is 2.99. The first-order chi connectivity index (χ1) is 13.7. The Bertz CT molecular complexity index is 522. The summed E-state index contributed by atoms with van der Waals surface area (Å²) in [4.78, 5) is 11.9. The molecule has 0 saturated heterocycles. The third-order valence-electron chi connectivity index (χ3n) is 5.10. The molecule has 158 valence electrons. The largest absolute Gasteiger partial charge is 0.508 e. The van der Waals surface area contributed by atoms with Crippen LogP contribution < -0.4 is 5.32 Å². The van der Waals surface area contributed by atoms with Gasteiger partial charge in [0.25, 0.3) is 5.91 Å². The van der Waals surface area contributed by atoms with Crippen molar-refractivity contribution in [1.82, 2.24) is 5.32 Å². The molecule has 1 aromatic rings. The van der Waals surface area contributed by atoms with Crippen molar-refractivity contribution in [1.29, 1.82) is 0 Å². The number of hydrogen-bond donors (Lipinski definition) is 2. The van der Waals surface area contributed by atoms with E-state index in [1.807, 2.05) is 0 Å². The zero-order chi connectivity index (χ0) is 20.3. The van der Waals surface area contributed by atoms with Crippen molar-refractivity contribution in [2.75, 3.05) is 6.54 Å². The fourth-order valence-electron chi connectivity index (χ4n) is 3.29. The number of amides is 1. The van der Waals surface area contributed by atoms with Gasteiger partial charge in [0.1, 0.15) is 5.75 Å². The van der Waals surface area contributed by atoms with Crippen LogP contribution in [0.2, 0.25) is 0 Å². The molecule has 3 heteroatoms. The van der Waals surface area contributed by atoms with Gasteiger partial charge in [-0.1, -0.05) is 76.9 Å². The maximum absolute atomic E-state index is 11.9. The van der Waals surface area contributed by atoms with Gasteiger partial charge >= 0.3 is 0 Å². The van der Waals surface area contributed by atoms with Gasteiger partial charge in [-0.3, -0.25) is 4.79 Å². The molecule has 0 bridgehead atoms. The Balaban J connectivity index is 1.83. The lowest BCUT2D eigenvalue weighted by Crippen LogP contribution is -2.24. The molecule has 0 unspecified atom stereocenters. The van der Waals surface area contributed by atoms with Crippen molar-refractivity contribution in [2.24, 2.45) is 0 Å². The average Bonchev–Trinajstić information content (AvgIpc) is 2.70. The lowest BCUT2D eigenvalue weighted by atomic mass is 10.1. The van der Waals surface area contributed by atoms with E-state index >= 15 is 0 Å². The molecule has 28 heavy (non-hydrogen) atoms. The number of carbonyl (C=O) groups is 1. The highest BCUT2D eigenvalue weighted by molar-refractivity contribution is 5.94. The highest BCUT2D eigenvalue weighted by Gasteiger charge is 2.03. The van der Waals surface area contributed by atoms with Crippen molar-refractivity contribution in [2.45, 2.75) is 96.8 Å². The Kier molecular flexibility index (Phi) is 15.0. The highest BCUT2D eigenvalue weighted by atomic mass is 16.3. The molecule has 1 aromatic carbocycles. The molecule has 0 atom stereocenters. The fraction of sp³-hybridized carbons (Fsp3) is 0.640. The topological polar surface area (TPSA) is 49.3 Å². The molecular formula is C25H41NO2. The first-order valence-corrected chi connectivity index (χ1v) is 11.5. The van der Waals surface area contributed by atoms with E-state index in [0.29, 0.717) is 5.56 Å². The summed E-state index contributed by atoms with van der Waals surface area (Å²) >= 11 is 0. The minimum Gasteiger partial charge on any atom is -0.508 e. The molecular weight excluding hydrogens is 346 g/mol. The van der Waals surface area contributed by atoms with Gasteiger partial charge < -0.3 is 10.4 Å². The number of carbonyl (C=O) groups excluding carboxylic acids is 1. The van der Waals surface area contributed by atoms with Crippen LogP contribution in [0.15, 0.2) is 36.4 Å². The van der Waals surface area contributed by atoms with Crippen molar-refractivity contribution in [3.05, 3.63) is 42.0 Å². The van der Waals surface area contributed by atoms with E-state index in [1.165, 1.54) is 83.5 Å². The first kappa shape index (κ1) is 24.3. The fourth-order valence-corrected chi connectivity index (χ4v) is 3.29. The molecule has 3 nitrogen and oxygen atoms in total. The highest BCUT2D eigenvalue weighted by Crippen LogP contribution is 2.11. The predicted octanol–water partition coefficient (Wildman–Crippen LogP) is 7.16. The smallest absolute Gasteiger partial charge is 0.251 e. The molecule has 2 N–H and O–H groups in total. The number of hydrogen-bond acceptors (Lipinski definition) is 2. The minimum absolute atomic E-state index is 0.0623. The van der Waals surface area contributed by atoms with Crippen LogP contribution >= 0.6 is 0 Å². The van der Waals surface area contributed by atoms with E-state index in [2.05, 4.69) is 24.4 Å². The SMILES string of the molecule is CCCCCCCC/C=C\CCCCCCCCNC(=O)c1ccc(O)cc1. The quantitative estimate of drug-likeness (QED) is 0.220. The first-order valence-electron chi connectivity index (χ1n) is 11.5. The average molecular weight is 388 g/mol. The minimum atomic E-state index is -0.0623. The van der Waals surface area contributed by atoms with Gasteiger partial charge in [-0.05, 0) is 56.4 Å². The van der Waals surface area contributed by atoms with Crippen LogP contribution in [0.5, 0.6) is 5.75 Å². The third kappa shape index (κ3) is 13.4. The van der Waals surface area contributed by atoms with Crippen molar-refractivity contribution in [3.63, 3.8) is 0 Å². The van der Waals surface area contributed by atoms with Gasteiger partial charge in [-0.25, -0.2) is 0 Å². The third-order valence-corrected chi connectivity index (χ3v) is 5.10. The van der Waals surface area contributed by atoms with Crippen LogP contribution in [0.4, 0.5) is 0 Å². The molecule has 0 aliphatic carbocycles. The van der Waals surface area contributed by atoms with Crippen LogP contribution in [0, 0.1) is 0 Å². The van der Waals surface area contributed by atoms with Gasteiger partial charge in [-0.15, -0.1) is 0 Å². The van der Waals surface area contributed by atoms with Crippen LogP contribution in [0.1, 0.15) is 107 Å². The second kappa shape index (κ2) is 17.3. The summed E-state index contributed by atoms with van der Waals surface area (Å²) in [5, 5.41) is 12.2. The monoisotopic (exact) mass is 387 g/mol. The van der Waals surface area contributed by atoms with E-state index in [9.17, 15) is 9.90 Å². The zero-order valence-electron chi connectivity index (χ0n) is 17.9. The normalized spacial score (nSPS) is 11.2. The van der Waals surface area contributed by atoms with E-state index < -0.39 is 0 Å². The van der Waals surface area contributed by atoms with Crippen LogP contribution in [-0.2, 0) is 0 Å². The summed E-state index contributed by atoms with van der Waals surface area (Å²) in [6, 6.07) is 6.37. The number of aromatic hydroxyl groups is 1. The van der Waals surface area contributed by atoms with Gasteiger partial charge in [0, 0.05) is 12.1 Å². The summed E-state index contributed by atoms with van der Waals surface area (Å²) in [5.74, 6) is 0.123. The van der Waals surface area contributed by atoms with Gasteiger partial charge in [0.05, 0.1) is 0 Å². The standard InChI is InChI=1S/C25H41NO2/c1-2-3-4-5-6-7-8-9-10-11-12-13-14-15-16-17-22-26-25(28)23-18-20-24(27)21-19-23/h9-10,18-21,27H,2-8,11-17,22H2,1H3,(H,26,28)/b10-9-. The van der Waals surface area contributed by atoms with Gasteiger partial charge in [0.15, 0.2) is 0 Å². The summed E-state index contributed by atoms with van der Waals surface area (Å²) in [6.07, 6.45) is 22.8. The zero-order valence-corrected chi connectivity index (χ0v) is 17.9. The summed E-state index contributed by atoms with van der Waals surface area (Å²) < 4.78 is 0. The molecule has 0 fully saturated rings. The maximum atomic E-state index is 11.9. The van der Waals surface area contributed by atoms with Crippen LogP contribution in [0.3, 0.4) is 0 Å². The number of allylic oxidation sites excluding steroid dienone is 2. The Morgan fingerprint density at radius 2 is 1.29 bits per heavy atom. The molecule has 1 rings (SSSR count). The molecule has 0 aromatic heterocycles. The number of nitrogens with one attached hydrogen (secondary N) is 1. The number of phenolic OH excluding ortho intramolecular Hbond substituents is 1. The Labute approximate surface area is 172 Å². The summed E-state index contributed by atoms with van der Waals surface area (Å²) in [5.41, 5.74) is 0.599. The van der Waals surface area contributed by atoms with E-state index in [-0.39, 0.29) is 11.7 Å². The van der Waals surface area contributed by atoms with Gasteiger partial charge in [0.2, 0.25) is 0 Å². The molecule has 0 spiro atoms. The van der Waals surface area contributed by atoms with E-state index in [0.717, 1.165) is 13.0 Å². The molecule has 0 aliphatic heterocycles. The molecule has 0 heterocycles. The molecule has 1 amide bonds. The Morgan fingerprint density at radius 3 is 1.86 bits per heavy atom. The molecule has 0 aliphatic rings. The van der Waals surface area contributed by atoms with Crippen molar-refractivity contribution >= 4 is 5.91 Å². The van der Waals surface area contributed by atoms with Crippen molar-refractivity contribution in [3.8, 4) is 5.75 Å². The lowest BCUT2D eigenvalue weighted by molar-refractivity contribution is 0.0953. The van der Waals surface area contributed by atoms with E-state index in [4.69, 9.17) is 0 Å². The predicted molar refractivity (Wildman–Crippen MR) is 120 cm³/mol. The van der Waals surface area contributed by atoms with Gasteiger partial charge in [-0.2, -0.15) is 0 Å². The number of rotatable bonds is 17. The second-order valence-corrected chi connectivity index (χ2v) is 7.74. The molecule has 0 radical (unpaired) electrons. The summed E-state index contributed by atoms with van der Waals surface area (Å²) in [7, 11) is 0. The Morgan fingerprint density at radius 1 is 0.786 bits per heavy atom. The Hall–Kier alpha value is -1.77. The number of phenols is 1. The number of benzene rings is 1. The lowest BCUT2D eigenvalue weighted by Gasteiger charge is -2.05. The van der Waals surface area contributed by atoms with E-state index in [1.54, 1.807) is 24.3 Å².